The molecule has 0 bridgehead atoms. The molecule has 8 heteroatoms. The molecule has 1 unspecified atom stereocenters. The topological polar surface area (TPSA) is 78.1 Å². The van der Waals surface area contributed by atoms with Crippen LogP contribution in [0.1, 0.15) is 36.1 Å². The molecule has 2 aliphatic rings. The van der Waals surface area contributed by atoms with Gasteiger partial charge in [0.2, 0.25) is 0 Å². The average molecular weight is 344 g/mol. The molecule has 0 spiro atoms. The molecule has 2 aromatic heterocycles. The lowest BCUT2D eigenvalue weighted by Crippen LogP contribution is -2.43. The number of aromatic nitrogens is 5. The van der Waals surface area contributed by atoms with Crippen molar-refractivity contribution in [2.75, 3.05) is 19.8 Å². The quantitative estimate of drug-likeness (QED) is 0.812. The molecule has 2 aliphatic heterocycles. The predicted molar refractivity (Wildman–Crippen MR) is 90.0 cm³/mol. The minimum absolute atomic E-state index is 0.0264. The Kier molecular flexibility index (Phi) is 4.07. The monoisotopic (exact) mass is 344 g/mol. The number of aryl methyl sites for hydroxylation is 1. The van der Waals surface area contributed by atoms with Crippen molar-refractivity contribution in [1.29, 1.82) is 0 Å². The first-order valence-corrected chi connectivity index (χ1v) is 8.81. The van der Waals surface area contributed by atoms with Crippen LogP contribution in [-0.2, 0) is 17.8 Å². The first kappa shape index (κ1) is 16.3. The van der Waals surface area contributed by atoms with Gasteiger partial charge >= 0.3 is 0 Å². The molecule has 25 heavy (non-hydrogen) atoms. The van der Waals surface area contributed by atoms with Crippen molar-refractivity contribution in [3.05, 3.63) is 30.1 Å². The molecule has 4 heterocycles. The van der Waals surface area contributed by atoms with E-state index in [0.29, 0.717) is 5.69 Å². The molecular formula is C17H24N6O2. The van der Waals surface area contributed by atoms with Gasteiger partial charge in [-0.15, -0.1) is 5.10 Å². The minimum Gasteiger partial charge on any atom is -0.380 e. The summed E-state index contributed by atoms with van der Waals surface area (Å²) in [6.07, 6.45) is 7.56. The van der Waals surface area contributed by atoms with Crippen molar-refractivity contribution in [3.8, 4) is 0 Å². The van der Waals surface area contributed by atoms with Crippen LogP contribution in [0.15, 0.2) is 18.6 Å². The predicted octanol–water partition coefficient (Wildman–Crippen LogP) is 1.12. The van der Waals surface area contributed by atoms with E-state index in [1.54, 1.807) is 17.1 Å². The average Bonchev–Trinajstić information content (AvgIpc) is 3.28. The first-order chi connectivity index (χ1) is 12.0. The second-order valence-electron chi connectivity index (χ2n) is 7.53. The number of carbonyl (C=O) groups is 1. The van der Waals surface area contributed by atoms with E-state index in [-0.39, 0.29) is 17.4 Å². The maximum absolute atomic E-state index is 12.9. The molecule has 0 saturated carbocycles. The second kappa shape index (κ2) is 6.25. The van der Waals surface area contributed by atoms with Gasteiger partial charge in [0.1, 0.15) is 5.82 Å². The van der Waals surface area contributed by atoms with E-state index in [1.165, 1.54) is 0 Å². The van der Waals surface area contributed by atoms with Gasteiger partial charge in [-0.05, 0) is 19.8 Å². The molecule has 8 nitrogen and oxygen atoms in total. The summed E-state index contributed by atoms with van der Waals surface area (Å²) in [6.45, 7) is 7.88. The van der Waals surface area contributed by atoms with Crippen LogP contribution in [0.2, 0.25) is 0 Å². The standard InChI is InChI=1S/C17H24N6O2/c1-13-18-5-7-21(13)8-14-4-3-6-23(14)16(24)15-9-22(20-19-15)10-17(2)11-25-12-17/h5,7,9,14H,3-4,6,8,10-12H2,1-2H3. The van der Waals surface area contributed by atoms with Gasteiger partial charge in [0.05, 0.1) is 32.0 Å². The number of nitrogens with zero attached hydrogens (tertiary/aromatic N) is 6. The maximum Gasteiger partial charge on any atom is 0.276 e. The van der Waals surface area contributed by atoms with E-state index in [4.69, 9.17) is 4.74 Å². The molecule has 4 rings (SSSR count). The lowest BCUT2D eigenvalue weighted by Gasteiger charge is -2.37. The van der Waals surface area contributed by atoms with Crippen molar-refractivity contribution < 1.29 is 9.53 Å². The molecule has 0 N–H and O–H groups in total. The van der Waals surface area contributed by atoms with Gasteiger partial charge in [-0.1, -0.05) is 12.1 Å². The summed E-state index contributed by atoms with van der Waals surface area (Å²) in [5.74, 6) is 0.947. The second-order valence-corrected chi connectivity index (χ2v) is 7.53. The van der Waals surface area contributed by atoms with Crippen LogP contribution in [0, 0.1) is 12.3 Å². The molecule has 134 valence electrons. The van der Waals surface area contributed by atoms with Gasteiger partial charge in [0, 0.05) is 30.9 Å². The molecule has 0 aliphatic carbocycles. The summed E-state index contributed by atoms with van der Waals surface area (Å²) < 4.78 is 9.14. The summed E-state index contributed by atoms with van der Waals surface area (Å²) in [5, 5.41) is 8.25. The third kappa shape index (κ3) is 3.18. The highest BCUT2D eigenvalue weighted by atomic mass is 16.5. The normalized spacial score (nSPS) is 22.2. The molecule has 2 aromatic rings. The van der Waals surface area contributed by atoms with Crippen molar-refractivity contribution in [2.24, 2.45) is 5.41 Å². The van der Waals surface area contributed by atoms with Crippen molar-refractivity contribution in [2.45, 2.75) is 45.8 Å². The van der Waals surface area contributed by atoms with Crippen molar-refractivity contribution >= 4 is 5.91 Å². The Morgan fingerprint density at radius 1 is 1.44 bits per heavy atom. The molecule has 1 atom stereocenters. The highest BCUT2D eigenvalue weighted by Crippen LogP contribution is 2.28. The van der Waals surface area contributed by atoms with Gasteiger partial charge in [-0.3, -0.25) is 9.48 Å². The largest absolute Gasteiger partial charge is 0.380 e. The Bertz CT molecular complexity index is 763. The van der Waals surface area contributed by atoms with Crippen LogP contribution in [-0.4, -0.2) is 61.2 Å². The summed E-state index contributed by atoms with van der Waals surface area (Å²) in [7, 11) is 0. The van der Waals surface area contributed by atoms with Crippen molar-refractivity contribution in [3.63, 3.8) is 0 Å². The SMILES string of the molecule is Cc1nccn1CC1CCCN1C(=O)c1cn(CC2(C)COC2)nn1. The van der Waals surface area contributed by atoms with Crippen LogP contribution in [0.5, 0.6) is 0 Å². The Balaban J connectivity index is 1.44. The zero-order chi connectivity index (χ0) is 17.4. The number of carbonyl (C=O) groups excluding carboxylic acids is 1. The fraction of sp³-hybridized carbons (Fsp3) is 0.647. The fourth-order valence-electron chi connectivity index (χ4n) is 3.67. The van der Waals surface area contributed by atoms with E-state index < -0.39 is 0 Å². The van der Waals surface area contributed by atoms with Gasteiger partial charge in [0.25, 0.3) is 5.91 Å². The molecular weight excluding hydrogens is 320 g/mol. The number of rotatable bonds is 5. The zero-order valence-corrected chi connectivity index (χ0v) is 14.8. The third-order valence-electron chi connectivity index (χ3n) is 5.17. The van der Waals surface area contributed by atoms with E-state index in [2.05, 4.69) is 26.8 Å². The lowest BCUT2D eigenvalue weighted by atomic mass is 9.89. The Labute approximate surface area is 146 Å². The number of hydrogen-bond donors (Lipinski definition) is 0. The highest BCUT2D eigenvalue weighted by Gasteiger charge is 2.35. The fourth-order valence-corrected chi connectivity index (χ4v) is 3.67. The number of ether oxygens (including phenoxy) is 1. The Morgan fingerprint density at radius 3 is 2.96 bits per heavy atom. The maximum atomic E-state index is 12.9. The number of hydrogen-bond acceptors (Lipinski definition) is 5. The number of amides is 1. The molecule has 0 radical (unpaired) electrons. The summed E-state index contributed by atoms with van der Waals surface area (Å²) in [5.41, 5.74) is 0.529. The van der Waals surface area contributed by atoms with E-state index in [0.717, 1.165) is 51.5 Å². The molecule has 2 saturated heterocycles. The highest BCUT2D eigenvalue weighted by molar-refractivity contribution is 5.92. The third-order valence-corrected chi connectivity index (χ3v) is 5.17. The van der Waals surface area contributed by atoms with Crippen molar-refractivity contribution in [1.82, 2.24) is 29.4 Å². The van der Waals surface area contributed by atoms with Crippen LogP contribution in [0.3, 0.4) is 0 Å². The Hall–Kier alpha value is -2.22. The van der Waals surface area contributed by atoms with Crippen LogP contribution >= 0.6 is 0 Å². The molecule has 1 amide bonds. The van der Waals surface area contributed by atoms with E-state index in [1.807, 2.05) is 18.0 Å². The van der Waals surface area contributed by atoms with Gasteiger partial charge < -0.3 is 14.2 Å². The first-order valence-electron chi connectivity index (χ1n) is 8.81. The molecule has 2 fully saturated rings. The summed E-state index contributed by atoms with van der Waals surface area (Å²) in [4.78, 5) is 19.1. The van der Waals surface area contributed by atoms with Gasteiger partial charge in [0.15, 0.2) is 5.69 Å². The lowest BCUT2D eigenvalue weighted by molar-refractivity contribution is -0.111. The van der Waals surface area contributed by atoms with Gasteiger partial charge in [-0.2, -0.15) is 0 Å². The molecule has 0 aromatic carbocycles. The minimum atomic E-state index is -0.0264. The van der Waals surface area contributed by atoms with E-state index in [9.17, 15) is 4.79 Å². The smallest absolute Gasteiger partial charge is 0.276 e. The number of likely N-dealkylation sites (tertiary alicyclic amines) is 1. The summed E-state index contributed by atoms with van der Waals surface area (Å²) in [6, 6.07) is 0.183. The van der Waals surface area contributed by atoms with Crippen LogP contribution in [0.25, 0.3) is 0 Å². The Morgan fingerprint density at radius 2 is 2.28 bits per heavy atom. The van der Waals surface area contributed by atoms with E-state index >= 15 is 0 Å². The number of imidazole rings is 1. The summed E-state index contributed by atoms with van der Waals surface area (Å²) >= 11 is 0. The van der Waals surface area contributed by atoms with Gasteiger partial charge in [-0.25, -0.2) is 4.98 Å². The van der Waals surface area contributed by atoms with Crippen LogP contribution in [0.4, 0.5) is 0 Å². The zero-order valence-electron chi connectivity index (χ0n) is 14.8. The van der Waals surface area contributed by atoms with Crippen LogP contribution < -0.4 is 0 Å².